The van der Waals surface area contributed by atoms with Gasteiger partial charge in [0.25, 0.3) is 0 Å². The summed E-state index contributed by atoms with van der Waals surface area (Å²) < 4.78 is 80.8. The van der Waals surface area contributed by atoms with Crippen LogP contribution < -0.4 is 0 Å². The van der Waals surface area contributed by atoms with E-state index in [4.69, 9.17) is 76.6 Å². The van der Waals surface area contributed by atoms with Gasteiger partial charge in [0.05, 0.1) is 192 Å². The summed E-state index contributed by atoms with van der Waals surface area (Å²) in [5.74, 6) is 0. The average molecular weight is 718 g/mol. The summed E-state index contributed by atoms with van der Waals surface area (Å²) in [4.78, 5) is 2.64. The summed E-state index contributed by atoms with van der Waals surface area (Å²) in [5, 5.41) is 3.37. The monoisotopic (exact) mass is 717 g/mol. The molecular weight excluding hydrogens is 654 g/mol. The number of nitrogens with zero attached hydrogens (tertiary/aromatic N) is 3. The van der Waals surface area contributed by atoms with E-state index in [1.165, 1.54) is 0 Å². The summed E-state index contributed by atoms with van der Waals surface area (Å²) in [6, 6.07) is 0. The molecular formula is C31H63N3O15. The maximum atomic E-state index is 8.14. The molecule has 0 aromatic heterocycles. The van der Waals surface area contributed by atoms with E-state index in [-0.39, 0.29) is 0 Å². The van der Waals surface area contributed by atoms with E-state index in [1.807, 2.05) is 0 Å². The molecule has 0 saturated carbocycles. The van der Waals surface area contributed by atoms with Gasteiger partial charge >= 0.3 is 0 Å². The molecule has 0 radical (unpaired) electrons. The third-order valence-electron chi connectivity index (χ3n) is 5.67. The standard InChI is InChI=1S/C31H63N3O15/c1-35-4-5-37-8-9-39-12-13-41-16-17-43-20-21-45-24-25-47-28-29-49-31-30-48-27-26-46-23-22-44-19-18-42-15-14-40-11-10-38-7-6-36-3-2-33-34-32/h2-31H2,1H3. The van der Waals surface area contributed by atoms with Crippen LogP contribution in [-0.2, 0) is 71.1 Å². The Morgan fingerprint density at radius 1 is 0.286 bits per heavy atom. The summed E-state index contributed by atoms with van der Waals surface area (Å²) in [6.07, 6.45) is 0. The zero-order valence-electron chi connectivity index (χ0n) is 29.7. The number of hydrogen-bond acceptors (Lipinski definition) is 16. The highest BCUT2D eigenvalue weighted by molar-refractivity contribution is 4.44. The molecule has 0 aromatic rings. The van der Waals surface area contributed by atoms with Crippen molar-refractivity contribution in [1.29, 1.82) is 0 Å². The quantitative estimate of drug-likeness (QED) is 0.0378. The Balaban J connectivity index is 3.05. The van der Waals surface area contributed by atoms with Gasteiger partial charge in [-0.25, -0.2) is 0 Å². The van der Waals surface area contributed by atoms with E-state index in [9.17, 15) is 0 Å². The highest BCUT2D eigenvalue weighted by Crippen LogP contribution is 1.88. The number of azide groups is 1. The van der Waals surface area contributed by atoms with Gasteiger partial charge < -0.3 is 71.1 Å². The second-order valence-corrected chi connectivity index (χ2v) is 9.52. The van der Waals surface area contributed by atoms with E-state index in [2.05, 4.69) is 10.0 Å². The van der Waals surface area contributed by atoms with Crippen molar-refractivity contribution in [3.8, 4) is 0 Å². The maximum Gasteiger partial charge on any atom is 0.0701 e. The zero-order chi connectivity index (χ0) is 35.2. The summed E-state index contributed by atoms with van der Waals surface area (Å²) in [5.41, 5.74) is 8.14. The Morgan fingerprint density at radius 3 is 0.612 bits per heavy atom. The molecule has 0 aliphatic heterocycles. The molecule has 0 saturated heterocycles. The molecule has 0 heterocycles. The van der Waals surface area contributed by atoms with Crippen molar-refractivity contribution in [2.75, 3.05) is 205 Å². The minimum atomic E-state index is 0.326. The lowest BCUT2D eigenvalue weighted by Crippen LogP contribution is -2.15. The lowest BCUT2D eigenvalue weighted by molar-refractivity contribution is -0.0298. The third-order valence-corrected chi connectivity index (χ3v) is 5.67. The predicted molar refractivity (Wildman–Crippen MR) is 177 cm³/mol. The van der Waals surface area contributed by atoms with Crippen LogP contribution >= 0.6 is 0 Å². The first-order valence-corrected chi connectivity index (χ1v) is 17.0. The zero-order valence-corrected chi connectivity index (χ0v) is 29.7. The molecule has 18 heteroatoms. The van der Waals surface area contributed by atoms with Crippen LogP contribution in [0, 0.1) is 0 Å². The second kappa shape index (κ2) is 46.7. The molecule has 0 spiro atoms. The Bertz CT molecular complexity index is 655. The van der Waals surface area contributed by atoms with Crippen molar-refractivity contribution in [1.82, 2.24) is 0 Å². The molecule has 49 heavy (non-hydrogen) atoms. The topological polar surface area (TPSA) is 187 Å². The minimum absolute atomic E-state index is 0.326. The van der Waals surface area contributed by atoms with Crippen molar-refractivity contribution in [3.63, 3.8) is 0 Å². The van der Waals surface area contributed by atoms with Crippen molar-refractivity contribution >= 4 is 0 Å². The van der Waals surface area contributed by atoms with Crippen molar-refractivity contribution in [3.05, 3.63) is 10.4 Å². The van der Waals surface area contributed by atoms with E-state index in [0.29, 0.717) is 198 Å². The van der Waals surface area contributed by atoms with E-state index < -0.39 is 0 Å². The van der Waals surface area contributed by atoms with Gasteiger partial charge in [-0.2, -0.15) is 0 Å². The van der Waals surface area contributed by atoms with Crippen LogP contribution in [-0.4, -0.2) is 205 Å². The highest BCUT2D eigenvalue weighted by atomic mass is 16.6. The maximum absolute atomic E-state index is 8.14. The molecule has 292 valence electrons. The molecule has 0 bridgehead atoms. The Morgan fingerprint density at radius 2 is 0.449 bits per heavy atom. The van der Waals surface area contributed by atoms with Gasteiger partial charge in [0, 0.05) is 18.6 Å². The smallest absolute Gasteiger partial charge is 0.0701 e. The SMILES string of the molecule is COCCOCCOCCOCCOCCOCCOCCOCCOCCOCCOCCOCCOCCOCCOCCN=[N+]=[N-]. The van der Waals surface area contributed by atoms with Crippen molar-refractivity contribution in [2.45, 2.75) is 0 Å². The summed E-state index contributed by atoms with van der Waals surface area (Å²) in [6.45, 7) is 14.9. The first-order valence-electron chi connectivity index (χ1n) is 17.0. The Hall–Kier alpha value is -1.29. The van der Waals surface area contributed by atoms with Crippen LogP contribution in [0.2, 0.25) is 0 Å². The Labute approximate surface area is 292 Å². The number of ether oxygens (including phenoxy) is 15. The molecule has 0 aliphatic rings. The Kier molecular flexibility index (Phi) is 45.5. The molecule has 0 fully saturated rings. The lowest BCUT2D eigenvalue weighted by Gasteiger charge is -2.09. The van der Waals surface area contributed by atoms with Gasteiger partial charge in [-0.05, 0) is 5.53 Å². The molecule has 18 nitrogen and oxygen atoms in total. The molecule has 0 rings (SSSR count). The molecule has 0 amide bonds. The van der Waals surface area contributed by atoms with Crippen LogP contribution in [0.4, 0.5) is 0 Å². The summed E-state index contributed by atoms with van der Waals surface area (Å²) >= 11 is 0. The van der Waals surface area contributed by atoms with Crippen molar-refractivity contribution < 1.29 is 71.1 Å². The van der Waals surface area contributed by atoms with Gasteiger partial charge in [-0.1, -0.05) is 5.11 Å². The largest absolute Gasteiger partial charge is 0.382 e. The van der Waals surface area contributed by atoms with Crippen LogP contribution in [0.5, 0.6) is 0 Å². The average Bonchev–Trinajstić information content (AvgIpc) is 3.11. The van der Waals surface area contributed by atoms with Crippen LogP contribution in [0.15, 0.2) is 5.11 Å². The third kappa shape index (κ3) is 46.7. The molecule has 0 unspecified atom stereocenters. The molecule has 0 aromatic carbocycles. The fourth-order valence-electron chi connectivity index (χ4n) is 3.25. The van der Waals surface area contributed by atoms with E-state index in [1.54, 1.807) is 7.11 Å². The first kappa shape index (κ1) is 47.7. The fraction of sp³-hybridized carbons (Fsp3) is 1.00. The lowest BCUT2D eigenvalue weighted by atomic mass is 10.6. The number of hydrogen-bond donors (Lipinski definition) is 0. The molecule has 0 N–H and O–H groups in total. The van der Waals surface area contributed by atoms with E-state index >= 15 is 0 Å². The predicted octanol–water partition coefficient (Wildman–Crippen LogP) is 1.18. The van der Waals surface area contributed by atoms with Crippen LogP contribution in [0.25, 0.3) is 10.4 Å². The minimum Gasteiger partial charge on any atom is -0.382 e. The normalized spacial score (nSPS) is 11.4. The van der Waals surface area contributed by atoms with Gasteiger partial charge in [0.15, 0.2) is 0 Å². The van der Waals surface area contributed by atoms with Crippen LogP contribution in [0.3, 0.4) is 0 Å². The van der Waals surface area contributed by atoms with Gasteiger partial charge in [-0.15, -0.1) is 0 Å². The summed E-state index contributed by atoms with van der Waals surface area (Å²) in [7, 11) is 1.64. The van der Waals surface area contributed by atoms with Gasteiger partial charge in [0.1, 0.15) is 0 Å². The fourth-order valence-corrected chi connectivity index (χ4v) is 3.25. The second-order valence-electron chi connectivity index (χ2n) is 9.52. The van der Waals surface area contributed by atoms with Crippen molar-refractivity contribution in [2.24, 2.45) is 5.11 Å². The van der Waals surface area contributed by atoms with Crippen LogP contribution in [0.1, 0.15) is 0 Å². The molecule has 0 aliphatic carbocycles. The number of methoxy groups -OCH3 is 1. The highest BCUT2D eigenvalue weighted by Gasteiger charge is 1.97. The first-order chi connectivity index (χ1) is 24.4. The van der Waals surface area contributed by atoms with Gasteiger partial charge in [0.2, 0.25) is 0 Å². The molecule has 0 atom stereocenters. The number of rotatable bonds is 45. The van der Waals surface area contributed by atoms with Gasteiger partial charge in [-0.3, -0.25) is 0 Å². The van der Waals surface area contributed by atoms with E-state index in [0.717, 1.165) is 0 Å².